The molecule has 0 bridgehead atoms. The van der Waals surface area contributed by atoms with E-state index in [9.17, 15) is 9.59 Å². The van der Waals surface area contributed by atoms with Crippen LogP contribution < -0.4 is 15.0 Å². The molecule has 2 aromatic heterocycles. The number of fused-ring (bicyclic) bond motifs is 1. The molecule has 0 fully saturated rings. The summed E-state index contributed by atoms with van der Waals surface area (Å²) >= 11 is 1.38. The molecule has 0 aliphatic heterocycles. The number of benzene rings is 1. The first kappa shape index (κ1) is 18.9. The van der Waals surface area contributed by atoms with Gasteiger partial charge in [-0.15, -0.1) is 11.3 Å². The monoisotopic (exact) mass is 388 g/mol. The van der Waals surface area contributed by atoms with Gasteiger partial charge in [0.2, 0.25) is 0 Å². The van der Waals surface area contributed by atoms with Crippen molar-refractivity contribution in [1.29, 1.82) is 0 Å². The van der Waals surface area contributed by atoms with E-state index in [0.29, 0.717) is 28.3 Å². The van der Waals surface area contributed by atoms with Crippen molar-refractivity contribution in [2.24, 2.45) is 0 Å². The van der Waals surface area contributed by atoms with E-state index in [4.69, 9.17) is 14.2 Å². The number of hydrogen-bond donors (Lipinski definition) is 0. The van der Waals surface area contributed by atoms with Crippen molar-refractivity contribution < 1.29 is 19.0 Å². The van der Waals surface area contributed by atoms with Gasteiger partial charge in [-0.1, -0.05) is 13.0 Å². The van der Waals surface area contributed by atoms with Crippen molar-refractivity contribution in [3.63, 3.8) is 0 Å². The summed E-state index contributed by atoms with van der Waals surface area (Å²) in [6.45, 7) is 2.08. The van der Waals surface area contributed by atoms with Crippen molar-refractivity contribution in [2.75, 3.05) is 20.8 Å². The third kappa shape index (κ3) is 3.80. The Bertz CT molecular complexity index is 1020. The molecule has 3 aromatic rings. The number of carbonyl (C=O) groups is 1. The van der Waals surface area contributed by atoms with E-state index < -0.39 is 5.97 Å². The number of aromatic nitrogens is 2. The van der Waals surface area contributed by atoms with Gasteiger partial charge in [0, 0.05) is 10.9 Å². The number of esters is 1. The second kappa shape index (κ2) is 8.22. The van der Waals surface area contributed by atoms with Gasteiger partial charge >= 0.3 is 5.97 Å². The zero-order chi connectivity index (χ0) is 19.4. The maximum Gasteiger partial charge on any atom is 0.326 e. The third-order valence-electron chi connectivity index (χ3n) is 4.02. The molecular formula is C19H20N2O5S. The fourth-order valence-electron chi connectivity index (χ4n) is 2.70. The normalized spacial score (nSPS) is 10.8. The van der Waals surface area contributed by atoms with Crippen LogP contribution >= 0.6 is 11.3 Å². The van der Waals surface area contributed by atoms with Crippen LogP contribution in [0.15, 0.2) is 34.7 Å². The maximum absolute atomic E-state index is 12.9. The predicted octanol–water partition coefficient (Wildman–Crippen LogP) is 3.10. The lowest BCUT2D eigenvalue weighted by molar-refractivity contribution is -0.144. The van der Waals surface area contributed by atoms with E-state index in [1.165, 1.54) is 22.2 Å². The SMILES string of the molecule is CCCOC(=O)Cn1cnc2scc(-c3ccc(OC)c(OC)c3)c2c1=O. The van der Waals surface area contributed by atoms with Gasteiger partial charge in [0.25, 0.3) is 5.56 Å². The zero-order valence-electron chi connectivity index (χ0n) is 15.4. The molecule has 0 saturated heterocycles. The lowest BCUT2D eigenvalue weighted by Crippen LogP contribution is -2.25. The van der Waals surface area contributed by atoms with Gasteiger partial charge in [0.1, 0.15) is 11.4 Å². The summed E-state index contributed by atoms with van der Waals surface area (Å²) in [5.74, 6) is 0.722. The maximum atomic E-state index is 12.9. The predicted molar refractivity (Wildman–Crippen MR) is 104 cm³/mol. The van der Waals surface area contributed by atoms with Gasteiger partial charge in [0.05, 0.1) is 32.5 Å². The minimum Gasteiger partial charge on any atom is -0.493 e. The average molecular weight is 388 g/mol. The molecule has 27 heavy (non-hydrogen) atoms. The average Bonchev–Trinajstić information content (AvgIpc) is 3.12. The quantitative estimate of drug-likeness (QED) is 0.579. The van der Waals surface area contributed by atoms with Crippen LogP contribution in [-0.4, -0.2) is 36.3 Å². The van der Waals surface area contributed by atoms with Crippen molar-refractivity contribution >= 4 is 27.5 Å². The van der Waals surface area contributed by atoms with E-state index in [1.807, 2.05) is 24.4 Å². The van der Waals surface area contributed by atoms with Gasteiger partial charge < -0.3 is 14.2 Å². The largest absolute Gasteiger partial charge is 0.493 e. The van der Waals surface area contributed by atoms with Crippen LogP contribution in [-0.2, 0) is 16.1 Å². The third-order valence-corrected chi connectivity index (χ3v) is 4.91. The number of hydrogen-bond acceptors (Lipinski definition) is 7. The van der Waals surface area contributed by atoms with E-state index in [1.54, 1.807) is 20.3 Å². The summed E-state index contributed by atoms with van der Waals surface area (Å²) in [4.78, 5) is 29.7. The molecule has 3 rings (SSSR count). The number of nitrogens with zero attached hydrogens (tertiary/aromatic N) is 2. The first-order chi connectivity index (χ1) is 13.1. The van der Waals surface area contributed by atoms with Gasteiger partial charge in [-0.25, -0.2) is 4.98 Å². The molecule has 0 radical (unpaired) electrons. The van der Waals surface area contributed by atoms with Gasteiger partial charge in [-0.3, -0.25) is 14.2 Å². The summed E-state index contributed by atoms with van der Waals surface area (Å²) < 4.78 is 16.9. The molecule has 0 N–H and O–H groups in total. The van der Waals surface area contributed by atoms with Crippen molar-refractivity contribution in [1.82, 2.24) is 9.55 Å². The topological polar surface area (TPSA) is 79.7 Å². The Morgan fingerprint density at radius 2 is 2.00 bits per heavy atom. The Kier molecular flexibility index (Phi) is 5.75. The smallest absolute Gasteiger partial charge is 0.326 e. The van der Waals surface area contributed by atoms with Crippen LogP contribution in [0.3, 0.4) is 0 Å². The Labute approximate surface area is 160 Å². The first-order valence-electron chi connectivity index (χ1n) is 8.43. The Morgan fingerprint density at radius 1 is 1.22 bits per heavy atom. The van der Waals surface area contributed by atoms with E-state index in [2.05, 4.69) is 4.98 Å². The van der Waals surface area contributed by atoms with Crippen molar-refractivity contribution in [3.8, 4) is 22.6 Å². The lowest BCUT2D eigenvalue weighted by Gasteiger charge is -2.09. The van der Waals surface area contributed by atoms with Gasteiger partial charge in [0.15, 0.2) is 11.5 Å². The molecule has 0 saturated carbocycles. The molecule has 142 valence electrons. The molecule has 0 aliphatic rings. The summed E-state index contributed by atoms with van der Waals surface area (Å²) in [6.07, 6.45) is 2.11. The highest BCUT2D eigenvalue weighted by molar-refractivity contribution is 7.17. The van der Waals surface area contributed by atoms with Crippen LogP contribution in [0.1, 0.15) is 13.3 Å². The second-order valence-electron chi connectivity index (χ2n) is 5.80. The number of carbonyl (C=O) groups excluding carboxylic acids is 1. The highest BCUT2D eigenvalue weighted by Gasteiger charge is 2.16. The molecule has 0 unspecified atom stereocenters. The number of methoxy groups -OCH3 is 2. The minimum absolute atomic E-state index is 0.164. The molecule has 0 spiro atoms. The highest BCUT2D eigenvalue weighted by Crippen LogP contribution is 2.36. The second-order valence-corrected chi connectivity index (χ2v) is 6.66. The molecule has 0 atom stereocenters. The number of ether oxygens (including phenoxy) is 3. The summed E-state index contributed by atoms with van der Waals surface area (Å²) in [6, 6.07) is 5.45. The molecular weight excluding hydrogens is 368 g/mol. The van der Waals surface area contributed by atoms with E-state index >= 15 is 0 Å². The van der Waals surface area contributed by atoms with Crippen LogP contribution in [0, 0.1) is 0 Å². The fraction of sp³-hybridized carbons (Fsp3) is 0.316. The minimum atomic E-state index is -0.456. The molecule has 8 heteroatoms. The Morgan fingerprint density at radius 3 is 2.70 bits per heavy atom. The standard InChI is InChI=1S/C19H20N2O5S/c1-4-7-26-16(22)9-21-11-20-18-17(19(21)23)13(10-27-18)12-5-6-14(24-2)15(8-12)25-3/h5-6,8,10-11H,4,7,9H2,1-3H3. The van der Waals surface area contributed by atoms with Crippen molar-refractivity contribution in [3.05, 3.63) is 40.3 Å². The molecule has 2 heterocycles. The first-order valence-corrected chi connectivity index (χ1v) is 9.31. The summed E-state index contributed by atoms with van der Waals surface area (Å²) in [7, 11) is 3.13. The summed E-state index contributed by atoms with van der Waals surface area (Å²) in [5.41, 5.74) is 1.27. The summed E-state index contributed by atoms with van der Waals surface area (Å²) in [5, 5.41) is 2.35. The Balaban J connectivity index is 2.04. The van der Waals surface area contributed by atoms with Crippen LogP contribution in [0.25, 0.3) is 21.3 Å². The van der Waals surface area contributed by atoms with Crippen molar-refractivity contribution in [2.45, 2.75) is 19.9 Å². The van der Waals surface area contributed by atoms with Crippen LogP contribution in [0.5, 0.6) is 11.5 Å². The highest BCUT2D eigenvalue weighted by atomic mass is 32.1. The number of rotatable bonds is 7. The van der Waals surface area contributed by atoms with E-state index in [0.717, 1.165) is 17.5 Å². The van der Waals surface area contributed by atoms with Gasteiger partial charge in [-0.05, 0) is 24.1 Å². The van der Waals surface area contributed by atoms with Crippen LogP contribution in [0.2, 0.25) is 0 Å². The molecule has 1 aromatic carbocycles. The molecule has 0 amide bonds. The van der Waals surface area contributed by atoms with E-state index in [-0.39, 0.29) is 12.1 Å². The van der Waals surface area contributed by atoms with Gasteiger partial charge in [-0.2, -0.15) is 0 Å². The zero-order valence-corrected chi connectivity index (χ0v) is 16.2. The number of thiophene rings is 1. The van der Waals surface area contributed by atoms with Crippen LogP contribution in [0.4, 0.5) is 0 Å². The molecule has 7 nitrogen and oxygen atoms in total. The fourth-order valence-corrected chi connectivity index (χ4v) is 3.60. The molecule has 0 aliphatic carbocycles. The lowest BCUT2D eigenvalue weighted by atomic mass is 10.1. The Hall–Kier alpha value is -2.87.